The van der Waals surface area contributed by atoms with Gasteiger partial charge in [0.25, 0.3) is 0 Å². The van der Waals surface area contributed by atoms with Gasteiger partial charge in [0.1, 0.15) is 0 Å². The van der Waals surface area contributed by atoms with Gasteiger partial charge in [-0.05, 0) is 58.3 Å². The van der Waals surface area contributed by atoms with Crippen molar-refractivity contribution in [3.05, 3.63) is 31.5 Å². The van der Waals surface area contributed by atoms with Crippen molar-refractivity contribution < 1.29 is 14.4 Å². The van der Waals surface area contributed by atoms with Crippen molar-refractivity contribution in [1.29, 1.82) is 0 Å². The number of carbonyl (C=O) groups excluding carboxylic acids is 3. The van der Waals surface area contributed by atoms with E-state index in [-0.39, 0.29) is 35.9 Å². The molecular weight excluding hydrogens is 564 g/mol. The maximum Gasteiger partial charge on any atom is 0.336 e. The Labute approximate surface area is 257 Å². The summed E-state index contributed by atoms with van der Waals surface area (Å²) >= 11 is 0. The number of aromatic nitrogens is 3. The molecule has 0 saturated heterocycles. The zero-order valence-corrected chi connectivity index (χ0v) is 26.2. The lowest BCUT2D eigenvalue weighted by molar-refractivity contribution is 0.159. The number of rotatable bonds is 11. The van der Waals surface area contributed by atoms with Gasteiger partial charge in [0.2, 0.25) is 18.2 Å². The average Bonchev–Trinajstić information content (AvgIpc) is 3.03. The quantitative estimate of drug-likeness (QED) is 0.269. The summed E-state index contributed by atoms with van der Waals surface area (Å²) < 4.78 is 3.69. The molecule has 1 heterocycles. The predicted octanol–water partition coefficient (Wildman–Crippen LogP) is 4.32. The lowest BCUT2D eigenvalue weighted by Crippen LogP contribution is -2.60. The van der Waals surface area contributed by atoms with Gasteiger partial charge < -0.3 is 0 Å². The van der Waals surface area contributed by atoms with Crippen LogP contribution in [0.3, 0.4) is 0 Å². The van der Waals surface area contributed by atoms with E-state index in [2.05, 4.69) is 15.0 Å². The molecule has 0 spiro atoms. The van der Waals surface area contributed by atoms with E-state index in [4.69, 9.17) is 0 Å². The van der Waals surface area contributed by atoms with E-state index in [9.17, 15) is 28.8 Å². The molecule has 9 atom stereocenters. The molecule has 0 amide bonds. The molecule has 12 heteroatoms. The molecule has 1 aromatic rings. The van der Waals surface area contributed by atoms with Crippen LogP contribution in [0.5, 0.6) is 0 Å². The number of hydrogen-bond acceptors (Lipinski definition) is 9. The molecule has 3 fully saturated rings. The summed E-state index contributed by atoms with van der Waals surface area (Å²) in [6.45, 7) is 5.60. The van der Waals surface area contributed by atoms with Crippen LogP contribution in [0.2, 0.25) is 0 Å². The van der Waals surface area contributed by atoms with E-state index in [1.54, 1.807) is 25.2 Å². The Hall–Kier alpha value is -3.45. The van der Waals surface area contributed by atoms with E-state index in [0.717, 1.165) is 38.5 Å². The van der Waals surface area contributed by atoms with E-state index >= 15 is 0 Å². The first-order valence-corrected chi connectivity index (χ1v) is 16.5. The summed E-state index contributed by atoms with van der Waals surface area (Å²) in [7, 11) is 0. The van der Waals surface area contributed by atoms with Gasteiger partial charge in [-0.25, -0.2) is 57.4 Å². The molecule has 1 aromatic heterocycles. The van der Waals surface area contributed by atoms with Crippen LogP contribution in [-0.2, 0) is 14.4 Å². The van der Waals surface area contributed by atoms with Crippen molar-refractivity contribution in [2.75, 3.05) is 0 Å². The summed E-state index contributed by atoms with van der Waals surface area (Å²) in [5.74, 6) is -0.765. The highest BCUT2D eigenvalue weighted by Crippen LogP contribution is 2.38. The van der Waals surface area contributed by atoms with E-state index in [1.165, 1.54) is 13.7 Å². The number of hydrogen-bond donors (Lipinski definition) is 0. The molecule has 3 aliphatic rings. The van der Waals surface area contributed by atoms with Crippen LogP contribution in [0.1, 0.15) is 129 Å². The maximum absolute atomic E-state index is 14.6. The molecule has 0 N–H and O–H groups in total. The SMILES string of the molecule is CCC(C1CCCCC1N=C=O)n1c(=O)n(C(C)C2CCCCC2N=C=O)c(=O)n(C(CC)C2CCCCC2N=C=O)c1=O. The van der Waals surface area contributed by atoms with Gasteiger partial charge in [0.15, 0.2) is 0 Å². The lowest BCUT2D eigenvalue weighted by atomic mass is 9.78. The molecule has 0 radical (unpaired) electrons. The third-order valence-corrected chi connectivity index (χ3v) is 10.8. The molecule has 0 aliphatic heterocycles. The molecular formula is C32H46N6O6. The number of aliphatic imine (C=N–C) groups is 3. The highest BCUT2D eigenvalue weighted by atomic mass is 16.2. The standard InChI is InChI=1S/C32H46N6O6/c1-4-28(23-13-7-10-16-26(23)34-19-40)37-30(42)36(21(3)22-12-6-9-15-25(22)33-18-39)31(43)38(32(37)44)29(5-2)24-14-8-11-17-27(24)35-20-41/h21-29H,4-17H2,1-3H3. The Bertz CT molecular complexity index is 1390. The first kappa shape index (κ1) is 33.4. The summed E-state index contributed by atoms with van der Waals surface area (Å²) in [6.07, 6.45) is 15.2. The second-order valence-corrected chi connectivity index (χ2v) is 12.9. The minimum Gasteiger partial charge on any atom is -0.247 e. The van der Waals surface area contributed by atoms with Crippen molar-refractivity contribution in [2.45, 2.75) is 147 Å². The molecule has 44 heavy (non-hydrogen) atoms. The predicted molar refractivity (Wildman–Crippen MR) is 164 cm³/mol. The van der Waals surface area contributed by atoms with Crippen molar-refractivity contribution in [3.63, 3.8) is 0 Å². The Morgan fingerprint density at radius 1 is 0.568 bits per heavy atom. The Morgan fingerprint density at radius 3 is 1.25 bits per heavy atom. The fourth-order valence-electron chi connectivity index (χ4n) is 8.62. The molecule has 240 valence electrons. The second kappa shape index (κ2) is 15.5. The summed E-state index contributed by atoms with van der Waals surface area (Å²) in [6, 6.07) is -2.96. The van der Waals surface area contributed by atoms with E-state index in [0.29, 0.717) is 51.4 Å². The van der Waals surface area contributed by atoms with E-state index in [1.807, 2.05) is 13.8 Å². The maximum atomic E-state index is 14.6. The van der Waals surface area contributed by atoms with Crippen molar-refractivity contribution in [1.82, 2.24) is 13.7 Å². The normalized spacial score (nSPS) is 29.2. The zero-order chi connectivity index (χ0) is 31.8. The fraction of sp³-hybridized carbons (Fsp3) is 0.812. The van der Waals surface area contributed by atoms with Crippen LogP contribution in [0.4, 0.5) is 0 Å². The first-order chi connectivity index (χ1) is 21.3. The highest BCUT2D eigenvalue weighted by molar-refractivity contribution is 5.34. The smallest absolute Gasteiger partial charge is 0.247 e. The molecule has 3 aliphatic carbocycles. The van der Waals surface area contributed by atoms with Crippen LogP contribution < -0.4 is 17.1 Å². The lowest BCUT2D eigenvalue weighted by Gasteiger charge is -2.38. The number of nitrogens with zero attached hydrogens (tertiary/aromatic N) is 6. The van der Waals surface area contributed by atoms with Gasteiger partial charge >= 0.3 is 17.1 Å². The minimum absolute atomic E-state index is 0.250. The second-order valence-electron chi connectivity index (χ2n) is 12.9. The van der Waals surface area contributed by atoms with Crippen LogP contribution in [0.15, 0.2) is 29.4 Å². The molecule has 4 rings (SSSR count). The van der Waals surface area contributed by atoms with Crippen LogP contribution in [-0.4, -0.2) is 50.1 Å². The molecule has 12 nitrogen and oxygen atoms in total. The average molecular weight is 611 g/mol. The highest BCUT2D eigenvalue weighted by Gasteiger charge is 2.40. The third kappa shape index (κ3) is 6.63. The number of isocyanates is 3. The van der Waals surface area contributed by atoms with Gasteiger partial charge in [0.05, 0.1) is 18.1 Å². The summed E-state index contributed by atoms with van der Waals surface area (Å²) in [4.78, 5) is 89.8. The van der Waals surface area contributed by atoms with Gasteiger partial charge in [-0.15, -0.1) is 0 Å². The van der Waals surface area contributed by atoms with Crippen LogP contribution in [0, 0.1) is 17.8 Å². The fourth-order valence-corrected chi connectivity index (χ4v) is 8.62. The summed E-state index contributed by atoms with van der Waals surface area (Å²) in [5.41, 5.74) is -2.04. The van der Waals surface area contributed by atoms with Gasteiger partial charge in [-0.1, -0.05) is 52.4 Å². The first-order valence-electron chi connectivity index (χ1n) is 16.5. The largest absolute Gasteiger partial charge is 0.336 e. The van der Waals surface area contributed by atoms with Crippen LogP contribution >= 0.6 is 0 Å². The van der Waals surface area contributed by atoms with Crippen LogP contribution in [0.25, 0.3) is 0 Å². The van der Waals surface area contributed by atoms with E-state index < -0.39 is 35.2 Å². The topological polar surface area (TPSA) is 154 Å². The molecule has 0 bridgehead atoms. The molecule has 3 saturated carbocycles. The monoisotopic (exact) mass is 610 g/mol. The van der Waals surface area contributed by atoms with Crippen molar-refractivity contribution >= 4 is 18.2 Å². The molecule has 9 unspecified atom stereocenters. The minimum atomic E-state index is -0.685. The zero-order valence-electron chi connectivity index (χ0n) is 26.2. The van der Waals surface area contributed by atoms with Gasteiger partial charge in [-0.3, -0.25) is 0 Å². The molecule has 0 aromatic carbocycles. The Balaban J connectivity index is 1.99. The third-order valence-electron chi connectivity index (χ3n) is 10.8. The van der Waals surface area contributed by atoms with Gasteiger partial charge in [0, 0.05) is 35.9 Å². The summed E-state index contributed by atoms with van der Waals surface area (Å²) in [5, 5.41) is 0. The van der Waals surface area contributed by atoms with Crippen molar-refractivity contribution in [2.24, 2.45) is 32.7 Å². The Morgan fingerprint density at radius 2 is 0.886 bits per heavy atom. The Kier molecular flexibility index (Phi) is 11.8. The van der Waals surface area contributed by atoms with Crippen molar-refractivity contribution in [3.8, 4) is 0 Å². The van der Waals surface area contributed by atoms with Gasteiger partial charge in [-0.2, -0.15) is 0 Å².